The molecule has 0 saturated heterocycles. The molecule has 5 heteroatoms. The molecule has 0 saturated carbocycles. The Labute approximate surface area is 104 Å². The van der Waals surface area contributed by atoms with Crippen molar-refractivity contribution in [2.75, 3.05) is 10.6 Å². The third-order valence-corrected chi connectivity index (χ3v) is 3.66. The van der Waals surface area contributed by atoms with E-state index in [9.17, 15) is 4.79 Å². The van der Waals surface area contributed by atoms with Crippen LogP contribution in [0, 0.1) is 11.3 Å². The number of anilines is 2. The maximum Gasteiger partial charge on any atom is 0.237 e. The van der Waals surface area contributed by atoms with E-state index in [0.717, 1.165) is 16.3 Å². The first-order valence-electron chi connectivity index (χ1n) is 5.38. The lowest BCUT2D eigenvalue weighted by Gasteiger charge is -2.22. The summed E-state index contributed by atoms with van der Waals surface area (Å²) in [6.45, 7) is 3.67. The minimum absolute atomic E-state index is 0.0213. The molecule has 0 aromatic heterocycles. The number of amides is 1. The number of hydrogen-bond acceptors (Lipinski definition) is 4. The summed E-state index contributed by atoms with van der Waals surface area (Å²) in [6, 6.07) is 7.60. The molecule has 4 nitrogen and oxygen atoms in total. The third-order valence-electron chi connectivity index (χ3n) is 2.49. The molecule has 1 aliphatic rings. The summed E-state index contributed by atoms with van der Waals surface area (Å²) in [5.74, 6) is 0.0213. The number of nitrogens with one attached hydrogen (secondary N) is 2. The van der Waals surface area contributed by atoms with Crippen molar-refractivity contribution in [3.63, 3.8) is 0 Å². The number of carbonyl (C=O) groups is 1. The fraction of sp³-hybridized carbons (Fsp3) is 0.333. The first-order valence-corrected chi connectivity index (χ1v) is 6.26. The lowest BCUT2D eigenvalue weighted by atomic mass is 10.2. The molecular weight excluding hydrogens is 234 g/mol. The molecule has 0 radical (unpaired) electrons. The van der Waals surface area contributed by atoms with E-state index < -0.39 is 0 Å². The molecule has 2 atom stereocenters. The molecule has 1 amide bonds. The summed E-state index contributed by atoms with van der Waals surface area (Å²) in [7, 11) is 0. The van der Waals surface area contributed by atoms with Gasteiger partial charge in [0.05, 0.1) is 17.0 Å². The molecule has 2 N–H and O–H groups in total. The van der Waals surface area contributed by atoms with Crippen LogP contribution in [0.15, 0.2) is 23.1 Å². The number of nitriles is 1. The molecule has 0 aliphatic carbocycles. The Bertz CT molecular complexity index is 495. The zero-order chi connectivity index (χ0) is 12.4. The van der Waals surface area contributed by atoms with E-state index in [1.54, 1.807) is 18.7 Å². The van der Waals surface area contributed by atoms with Gasteiger partial charge in [0.15, 0.2) is 0 Å². The van der Waals surface area contributed by atoms with Crippen LogP contribution in [0.2, 0.25) is 0 Å². The van der Waals surface area contributed by atoms with Crippen LogP contribution < -0.4 is 10.6 Å². The molecule has 0 bridgehead atoms. The smallest absolute Gasteiger partial charge is 0.237 e. The van der Waals surface area contributed by atoms with Crippen molar-refractivity contribution in [2.45, 2.75) is 30.0 Å². The van der Waals surface area contributed by atoms with Crippen molar-refractivity contribution >= 4 is 29.0 Å². The van der Waals surface area contributed by atoms with Gasteiger partial charge in [0.2, 0.25) is 5.91 Å². The van der Waals surface area contributed by atoms with Gasteiger partial charge in [-0.2, -0.15) is 5.26 Å². The second-order valence-corrected chi connectivity index (χ2v) is 5.34. The Kier molecular flexibility index (Phi) is 3.25. The van der Waals surface area contributed by atoms with E-state index in [-0.39, 0.29) is 17.2 Å². The van der Waals surface area contributed by atoms with Crippen LogP contribution in [0.4, 0.5) is 11.4 Å². The van der Waals surface area contributed by atoms with Crippen molar-refractivity contribution in [2.24, 2.45) is 0 Å². The van der Waals surface area contributed by atoms with Gasteiger partial charge in [-0.15, -0.1) is 11.8 Å². The summed E-state index contributed by atoms with van der Waals surface area (Å²) in [5.41, 5.74) is 1.65. The molecule has 1 aromatic rings. The van der Waals surface area contributed by atoms with Crippen LogP contribution in [0.5, 0.6) is 0 Å². The average Bonchev–Trinajstić information content (AvgIpc) is 2.31. The first-order chi connectivity index (χ1) is 8.10. The molecule has 88 valence electrons. The molecule has 17 heavy (non-hydrogen) atoms. The maximum absolute atomic E-state index is 11.5. The Morgan fingerprint density at radius 2 is 2.35 bits per heavy atom. The van der Waals surface area contributed by atoms with Crippen molar-refractivity contribution in [3.05, 3.63) is 18.2 Å². The molecule has 1 heterocycles. The van der Waals surface area contributed by atoms with E-state index in [4.69, 9.17) is 5.26 Å². The van der Waals surface area contributed by atoms with Gasteiger partial charge in [0.1, 0.15) is 6.04 Å². The standard InChI is InChI=1S/C12H13N3OS/c1-7(6-13)14-9-3-4-11-10(5-9)15-12(16)8(2)17-11/h3-5,7-8,14H,1-2H3,(H,15,16). The number of rotatable bonds is 2. The fourth-order valence-electron chi connectivity index (χ4n) is 1.58. The molecular formula is C12H13N3OS. The van der Waals surface area contributed by atoms with Gasteiger partial charge in [-0.3, -0.25) is 4.79 Å². The minimum Gasteiger partial charge on any atom is -0.370 e. The van der Waals surface area contributed by atoms with E-state index in [1.807, 2.05) is 25.1 Å². The van der Waals surface area contributed by atoms with Crippen LogP contribution in [0.25, 0.3) is 0 Å². The van der Waals surface area contributed by atoms with Crippen LogP contribution in [0.1, 0.15) is 13.8 Å². The highest BCUT2D eigenvalue weighted by molar-refractivity contribution is 8.00. The highest BCUT2D eigenvalue weighted by Crippen LogP contribution is 2.36. The van der Waals surface area contributed by atoms with Gasteiger partial charge in [-0.1, -0.05) is 0 Å². The summed E-state index contributed by atoms with van der Waals surface area (Å²) in [6.07, 6.45) is 0. The normalized spacial score (nSPS) is 19.8. The number of benzene rings is 1. The van der Waals surface area contributed by atoms with E-state index in [0.29, 0.717) is 0 Å². The maximum atomic E-state index is 11.5. The van der Waals surface area contributed by atoms with Crippen LogP contribution in [0.3, 0.4) is 0 Å². The molecule has 2 rings (SSSR count). The summed E-state index contributed by atoms with van der Waals surface area (Å²) in [5, 5.41) is 14.6. The Morgan fingerprint density at radius 1 is 1.59 bits per heavy atom. The third kappa shape index (κ3) is 2.53. The molecule has 0 fully saturated rings. The van der Waals surface area contributed by atoms with Crippen molar-refractivity contribution in [1.82, 2.24) is 0 Å². The summed E-state index contributed by atoms with van der Waals surface area (Å²) < 4.78 is 0. The van der Waals surface area contributed by atoms with Crippen LogP contribution >= 0.6 is 11.8 Å². The van der Waals surface area contributed by atoms with E-state index in [1.165, 1.54) is 0 Å². The minimum atomic E-state index is -0.251. The Hall–Kier alpha value is -1.67. The van der Waals surface area contributed by atoms with Crippen molar-refractivity contribution < 1.29 is 4.79 Å². The van der Waals surface area contributed by atoms with E-state index in [2.05, 4.69) is 16.7 Å². The van der Waals surface area contributed by atoms with Crippen molar-refractivity contribution in [3.8, 4) is 6.07 Å². The number of thioether (sulfide) groups is 1. The summed E-state index contributed by atoms with van der Waals surface area (Å²) in [4.78, 5) is 12.6. The van der Waals surface area contributed by atoms with Crippen molar-refractivity contribution in [1.29, 1.82) is 5.26 Å². The Balaban J connectivity index is 2.23. The molecule has 2 unspecified atom stereocenters. The number of nitrogens with zero attached hydrogens (tertiary/aromatic N) is 1. The summed E-state index contributed by atoms with van der Waals surface area (Å²) >= 11 is 1.55. The SMILES string of the molecule is CC(C#N)Nc1ccc2c(c1)NC(=O)C(C)S2. The largest absolute Gasteiger partial charge is 0.370 e. The highest BCUT2D eigenvalue weighted by Gasteiger charge is 2.22. The molecule has 1 aromatic carbocycles. The predicted octanol–water partition coefficient (Wildman–Crippen LogP) is 2.44. The lowest BCUT2D eigenvalue weighted by molar-refractivity contribution is -0.115. The zero-order valence-electron chi connectivity index (χ0n) is 9.65. The van der Waals surface area contributed by atoms with Gasteiger partial charge in [0.25, 0.3) is 0 Å². The second kappa shape index (κ2) is 4.68. The molecule has 1 aliphatic heterocycles. The van der Waals surface area contributed by atoms with Gasteiger partial charge in [-0.25, -0.2) is 0 Å². The van der Waals surface area contributed by atoms with Gasteiger partial charge < -0.3 is 10.6 Å². The van der Waals surface area contributed by atoms with E-state index >= 15 is 0 Å². The predicted molar refractivity (Wildman–Crippen MR) is 69.1 cm³/mol. The average molecular weight is 247 g/mol. The second-order valence-electron chi connectivity index (χ2n) is 3.96. The zero-order valence-corrected chi connectivity index (χ0v) is 10.5. The quantitative estimate of drug-likeness (QED) is 0.842. The van der Waals surface area contributed by atoms with Gasteiger partial charge >= 0.3 is 0 Å². The topological polar surface area (TPSA) is 64.9 Å². The lowest BCUT2D eigenvalue weighted by Crippen LogP contribution is -2.26. The van der Waals surface area contributed by atoms with Gasteiger partial charge in [0, 0.05) is 10.6 Å². The monoisotopic (exact) mass is 247 g/mol. The van der Waals surface area contributed by atoms with Gasteiger partial charge in [-0.05, 0) is 32.0 Å². The fourth-order valence-corrected chi connectivity index (χ4v) is 2.51. The highest BCUT2D eigenvalue weighted by atomic mass is 32.2. The Morgan fingerprint density at radius 3 is 3.06 bits per heavy atom. The number of fused-ring (bicyclic) bond motifs is 1. The first kappa shape index (κ1) is 11.8. The van der Waals surface area contributed by atoms with Crippen LogP contribution in [-0.4, -0.2) is 17.2 Å². The number of carbonyl (C=O) groups excluding carboxylic acids is 1. The van der Waals surface area contributed by atoms with Crippen LogP contribution in [-0.2, 0) is 4.79 Å². The number of hydrogen-bond donors (Lipinski definition) is 2. The molecule has 0 spiro atoms.